The van der Waals surface area contributed by atoms with E-state index >= 15 is 0 Å². The summed E-state index contributed by atoms with van der Waals surface area (Å²) in [5.74, 6) is 0. The molecular weight excluding hydrogens is 304 g/mol. The maximum atomic E-state index is 8.62. The van der Waals surface area contributed by atoms with Gasteiger partial charge in [-0.1, -0.05) is 12.1 Å². The van der Waals surface area contributed by atoms with Gasteiger partial charge >= 0.3 is 0 Å². The second-order valence-corrected chi connectivity index (χ2v) is 5.37. The van der Waals surface area contributed by atoms with Crippen molar-refractivity contribution in [3.05, 3.63) is 46.7 Å². The van der Waals surface area contributed by atoms with E-state index in [4.69, 9.17) is 5.26 Å². The van der Waals surface area contributed by atoms with Gasteiger partial charge in [0.2, 0.25) is 0 Å². The average Bonchev–Trinajstić information content (AvgIpc) is 2.77. The molecule has 1 N–H and O–H groups in total. The van der Waals surface area contributed by atoms with Gasteiger partial charge in [0.15, 0.2) is 0 Å². The van der Waals surface area contributed by atoms with Crippen LogP contribution in [0, 0.1) is 11.3 Å². The van der Waals surface area contributed by atoms with Gasteiger partial charge in [-0.25, -0.2) is 0 Å². The smallest absolute Gasteiger partial charge is 0.0669 e. The molecule has 1 atom stereocenters. The number of rotatable bonds is 5. The van der Waals surface area contributed by atoms with Crippen LogP contribution in [0.3, 0.4) is 0 Å². The molecule has 19 heavy (non-hydrogen) atoms. The summed E-state index contributed by atoms with van der Waals surface area (Å²) in [5, 5.41) is 16.3. The second-order valence-electron chi connectivity index (χ2n) is 4.46. The Morgan fingerprint density at radius 3 is 2.74 bits per heavy atom. The number of halogens is 1. The minimum absolute atomic E-state index is 0.272. The van der Waals surface area contributed by atoms with E-state index in [0.29, 0.717) is 6.42 Å². The van der Waals surface area contributed by atoms with Gasteiger partial charge in [0, 0.05) is 17.9 Å². The largest absolute Gasteiger partial charge is 0.381 e. The lowest BCUT2D eigenvalue weighted by Crippen LogP contribution is -2.22. The lowest BCUT2D eigenvalue weighted by molar-refractivity contribution is 0.560. The lowest BCUT2D eigenvalue weighted by atomic mass is 10.1. The van der Waals surface area contributed by atoms with E-state index < -0.39 is 0 Å². The monoisotopic (exact) mass is 318 g/mol. The summed E-state index contributed by atoms with van der Waals surface area (Å²) in [6, 6.07) is 10.4. The van der Waals surface area contributed by atoms with Crippen molar-refractivity contribution in [2.75, 3.05) is 5.32 Å². The molecule has 1 aromatic carbocycles. The van der Waals surface area contributed by atoms with Crippen LogP contribution >= 0.6 is 15.9 Å². The number of anilines is 1. The van der Waals surface area contributed by atoms with Crippen molar-refractivity contribution < 1.29 is 0 Å². The molecule has 0 aliphatic carbocycles. The van der Waals surface area contributed by atoms with Crippen molar-refractivity contribution in [2.24, 2.45) is 0 Å². The van der Waals surface area contributed by atoms with Crippen LogP contribution in [0.15, 0.2) is 41.1 Å². The summed E-state index contributed by atoms with van der Waals surface area (Å²) in [4.78, 5) is 0. The fourth-order valence-corrected chi connectivity index (χ4v) is 2.19. The molecule has 98 valence electrons. The molecule has 1 aromatic heterocycles. The third kappa shape index (κ3) is 4.11. The van der Waals surface area contributed by atoms with E-state index in [1.807, 2.05) is 35.1 Å². The van der Waals surface area contributed by atoms with Crippen LogP contribution < -0.4 is 5.32 Å². The first-order chi connectivity index (χ1) is 9.17. The summed E-state index contributed by atoms with van der Waals surface area (Å²) in [6.07, 6.45) is 4.19. The molecule has 0 radical (unpaired) electrons. The molecule has 0 spiro atoms. The number of nitrogens with one attached hydrogen (secondary N) is 1. The van der Waals surface area contributed by atoms with Gasteiger partial charge in [-0.3, -0.25) is 4.68 Å². The van der Waals surface area contributed by atoms with Crippen molar-refractivity contribution in [2.45, 2.75) is 25.9 Å². The average molecular weight is 319 g/mol. The van der Waals surface area contributed by atoms with Gasteiger partial charge in [0.1, 0.15) is 0 Å². The van der Waals surface area contributed by atoms with Crippen LogP contribution in [0.25, 0.3) is 0 Å². The third-order valence-electron chi connectivity index (χ3n) is 2.71. The standard InChI is InChI=1S/C14H15BrN4/c1-11(9-19-10-13(15)8-17-19)18-14-4-2-12(3-5-14)6-7-16/h2-5,8,10-11,18H,6,9H2,1H3/t11-/m1/s1. The molecule has 4 nitrogen and oxygen atoms in total. The molecule has 0 bridgehead atoms. The molecule has 2 rings (SSSR count). The van der Waals surface area contributed by atoms with Gasteiger partial charge in [-0.2, -0.15) is 10.4 Å². The van der Waals surface area contributed by atoms with Crippen LogP contribution in [0.2, 0.25) is 0 Å². The molecule has 0 fully saturated rings. The Morgan fingerprint density at radius 2 is 2.16 bits per heavy atom. The number of benzene rings is 1. The zero-order valence-corrected chi connectivity index (χ0v) is 12.3. The Morgan fingerprint density at radius 1 is 1.42 bits per heavy atom. The van der Waals surface area contributed by atoms with Crippen molar-refractivity contribution in [1.82, 2.24) is 9.78 Å². The lowest BCUT2D eigenvalue weighted by Gasteiger charge is -2.15. The number of nitriles is 1. The Labute approximate surface area is 121 Å². The Bertz CT molecular complexity index is 568. The Hall–Kier alpha value is -1.80. The molecule has 0 aliphatic heterocycles. The van der Waals surface area contributed by atoms with Gasteiger partial charge in [-0.05, 0) is 40.5 Å². The maximum absolute atomic E-state index is 8.62. The van der Waals surface area contributed by atoms with Crippen LogP contribution in [0.4, 0.5) is 5.69 Å². The van der Waals surface area contributed by atoms with E-state index in [9.17, 15) is 0 Å². The number of hydrogen-bond acceptors (Lipinski definition) is 3. The van der Waals surface area contributed by atoms with Gasteiger partial charge in [0.25, 0.3) is 0 Å². The highest BCUT2D eigenvalue weighted by Crippen LogP contribution is 2.12. The highest BCUT2D eigenvalue weighted by Gasteiger charge is 2.04. The van der Waals surface area contributed by atoms with E-state index in [1.54, 1.807) is 6.20 Å². The number of aromatic nitrogens is 2. The highest BCUT2D eigenvalue weighted by molar-refractivity contribution is 9.10. The normalized spacial score (nSPS) is 11.8. The molecule has 1 heterocycles. The zero-order chi connectivity index (χ0) is 13.7. The van der Waals surface area contributed by atoms with Crippen LogP contribution in [-0.4, -0.2) is 15.8 Å². The molecule has 0 saturated carbocycles. The van der Waals surface area contributed by atoms with E-state index in [1.165, 1.54) is 0 Å². The topological polar surface area (TPSA) is 53.6 Å². The van der Waals surface area contributed by atoms with E-state index in [2.05, 4.69) is 39.3 Å². The van der Waals surface area contributed by atoms with Gasteiger partial charge in [-0.15, -0.1) is 0 Å². The molecule has 0 amide bonds. The summed E-state index contributed by atoms with van der Waals surface area (Å²) < 4.78 is 2.88. The second kappa shape index (κ2) is 6.39. The van der Waals surface area contributed by atoms with Crippen LogP contribution in [-0.2, 0) is 13.0 Å². The van der Waals surface area contributed by atoms with Crippen molar-refractivity contribution in [3.63, 3.8) is 0 Å². The molecule has 0 unspecified atom stereocenters. The Kier molecular flexibility index (Phi) is 4.58. The van der Waals surface area contributed by atoms with Gasteiger partial charge < -0.3 is 5.32 Å². The van der Waals surface area contributed by atoms with E-state index in [-0.39, 0.29) is 6.04 Å². The molecule has 0 aliphatic rings. The molecule has 5 heteroatoms. The first kappa shape index (κ1) is 13.6. The predicted molar refractivity (Wildman–Crippen MR) is 78.8 cm³/mol. The van der Waals surface area contributed by atoms with E-state index in [0.717, 1.165) is 22.3 Å². The minimum Gasteiger partial charge on any atom is -0.381 e. The number of hydrogen-bond donors (Lipinski definition) is 1. The highest BCUT2D eigenvalue weighted by atomic mass is 79.9. The molecular formula is C14H15BrN4. The quantitative estimate of drug-likeness (QED) is 0.921. The van der Waals surface area contributed by atoms with Crippen molar-refractivity contribution in [3.8, 4) is 6.07 Å². The Balaban J connectivity index is 1.91. The fraction of sp³-hybridized carbons (Fsp3) is 0.286. The van der Waals surface area contributed by atoms with Crippen LogP contribution in [0.5, 0.6) is 0 Å². The summed E-state index contributed by atoms with van der Waals surface area (Å²) >= 11 is 3.38. The SMILES string of the molecule is C[C@H](Cn1cc(Br)cn1)Nc1ccc(CC#N)cc1. The van der Waals surface area contributed by atoms with Crippen molar-refractivity contribution in [1.29, 1.82) is 5.26 Å². The zero-order valence-electron chi connectivity index (χ0n) is 10.7. The summed E-state index contributed by atoms with van der Waals surface area (Å²) in [5.41, 5.74) is 2.09. The fourth-order valence-electron chi connectivity index (χ4n) is 1.86. The molecule has 0 saturated heterocycles. The van der Waals surface area contributed by atoms with Gasteiger partial charge in [0.05, 0.1) is 29.7 Å². The summed E-state index contributed by atoms with van der Waals surface area (Å²) in [7, 11) is 0. The minimum atomic E-state index is 0.272. The third-order valence-corrected chi connectivity index (χ3v) is 3.12. The maximum Gasteiger partial charge on any atom is 0.0669 e. The summed E-state index contributed by atoms with van der Waals surface area (Å²) in [6.45, 7) is 2.91. The first-order valence-corrected chi connectivity index (χ1v) is 6.87. The number of nitrogens with zero attached hydrogens (tertiary/aromatic N) is 3. The van der Waals surface area contributed by atoms with Crippen LogP contribution in [0.1, 0.15) is 12.5 Å². The molecule has 2 aromatic rings. The first-order valence-electron chi connectivity index (χ1n) is 6.08. The predicted octanol–water partition coefficient (Wildman–Crippen LogP) is 3.21. The van der Waals surface area contributed by atoms with Crippen molar-refractivity contribution >= 4 is 21.6 Å².